The molecule has 1 heterocycles. The maximum atomic E-state index is 11.6. The van der Waals surface area contributed by atoms with Crippen LogP contribution in [-0.2, 0) is 11.0 Å². The molecule has 0 radical (unpaired) electrons. The van der Waals surface area contributed by atoms with E-state index in [2.05, 4.69) is 9.38 Å². The minimum atomic E-state index is -1.26. The summed E-state index contributed by atoms with van der Waals surface area (Å²) in [5.74, 6) is 0. The Morgan fingerprint density at radius 2 is 2.20 bits per heavy atom. The number of rotatable bonds is 2. The highest BCUT2D eigenvalue weighted by Crippen LogP contribution is 2.13. The summed E-state index contributed by atoms with van der Waals surface area (Å²) in [4.78, 5) is 3.89. The van der Waals surface area contributed by atoms with E-state index in [0.29, 0.717) is 10.7 Å². The molecule has 0 amide bonds. The van der Waals surface area contributed by atoms with Crippen LogP contribution in [0, 0.1) is 0 Å². The van der Waals surface area contributed by atoms with Gasteiger partial charge in [0.05, 0.1) is 4.75 Å². The molecule has 0 unspecified atom stereocenters. The smallest absolute Gasteiger partial charge is 0.144 e. The average molecular weight is 245 g/mol. The molecule has 0 aliphatic rings. The molecule has 82 valence electrons. The minimum absolute atomic E-state index is 0.356. The number of nitrogens with zero attached hydrogens (tertiary/aromatic N) is 2. The summed E-state index contributed by atoms with van der Waals surface area (Å²) < 4.78 is 15.2. The largest absolute Gasteiger partial charge is 0.244 e. The molecular weight excluding hydrogens is 232 g/mol. The van der Waals surface area contributed by atoms with Gasteiger partial charge in [0, 0.05) is 18.0 Å². The molecule has 0 N–H and O–H groups in total. The zero-order valence-corrected chi connectivity index (χ0v) is 10.5. The highest BCUT2D eigenvalue weighted by molar-refractivity contribution is 7.85. The lowest BCUT2D eigenvalue weighted by molar-refractivity contribution is 0.651. The molecule has 0 saturated heterocycles. The fourth-order valence-corrected chi connectivity index (χ4v) is 1.45. The van der Waals surface area contributed by atoms with Crippen molar-refractivity contribution in [3.05, 3.63) is 29.0 Å². The van der Waals surface area contributed by atoms with Crippen molar-refractivity contribution in [2.75, 3.05) is 0 Å². The molecule has 1 aromatic rings. The molecule has 0 saturated carbocycles. The number of hydrogen-bond donors (Lipinski definition) is 0. The standard InChI is InChI=1S/C10H13ClN2OS/c1-10(2,3)15(14)13-7-8-5-4-6-12-9(8)11/h4-7H,1-3H3/t15-/m0/s1. The molecule has 1 rings (SSSR count). The Morgan fingerprint density at radius 1 is 1.53 bits per heavy atom. The maximum absolute atomic E-state index is 11.6. The SMILES string of the molecule is CC(C)(C)[S@](=O)N=Cc1cccnc1Cl. The fourth-order valence-electron chi connectivity index (χ4n) is 0.758. The first-order valence-electron chi connectivity index (χ1n) is 4.48. The Morgan fingerprint density at radius 3 is 2.73 bits per heavy atom. The molecule has 15 heavy (non-hydrogen) atoms. The van der Waals surface area contributed by atoms with Gasteiger partial charge in [-0.3, -0.25) is 0 Å². The number of pyridine rings is 1. The van der Waals surface area contributed by atoms with Crippen LogP contribution in [0.2, 0.25) is 5.15 Å². The third kappa shape index (κ3) is 3.72. The Bertz CT molecular complexity index is 399. The monoisotopic (exact) mass is 244 g/mol. The predicted octanol–water partition coefficient (Wildman–Crippen LogP) is 2.62. The lowest BCUT2D eigenvalue weighted by Gasteiger charge is -2.12. The van der Waals surface area contributed by atoms with Crippen LogP contribution in [-0.4, -0.2) is 20.2 Å². The molecule has 1 aromatic heterocycles. The van der Waals surface area contributed by atoms with E-state index in [1.807, 2.05) is 20.8 Å². The first-order valence-corrected chi connectivity index (χ1v) is 5.96. The molecule has 1 atom stereocenters. The van der Waals surface area contributed by atoms with Crippen molar-refractivity contribution in [3.63, 3.8) is 0 Å². The van der Waals surface area contributed by atoms with Crippen molar-refractivity contribution in [1.29, 1.82) is 0 Å². The number of halogens is 1. The molecule has 0 bridgehead atoms. The van der Waals surface area contributed by atoms with Gasteiger partial charge in [-0.2, -0.15) is 4.40 Å². The van der Waals surface area contributed by atoms with Crippen LogP contribution in [0.1, 0.15) is 26.3 Å². The van der Waals surface area contributed by atoms with E-state index in [4.69, 9.17) is 11.6 Å². The van der Waals surface area contributed by atoms with E-state index in [0.717, 1.165) is 0 Å². The van der Waals surface area contributed by atoms with Gasteiger partial charge in [-0.1, -0.05) is 11.6 Å². The van der Waals surface area contributed by atoms with Crippen LogP contribution in [0.15, 0.2) is 22.7 Å². The number of aromatic nitrogens is 1. The molecule has 3 nitrogen and oxygen atoms in total. The first kappa shape index (κ1) is 12.3. The number of hydrogen-bond acceptors (Lipinski definition) is 2. The molecular formula is C10H13ClN2OS. The lowest BCUT2D eigenvalue weighted by Crippen LogP contribution is -2.19. The van der Waals surface area contributed by atoms with Gasteiger partial charge in [0.2, 0.25) is 0 Å². The molecule has 0 aliphatic heterocycles. The summed E-state index contributed by atoms with van der Waals surface area (Å²) in [6.45, 7) is 5.60. The molecule has 0 fully saturated rings. The van der Waals surface area contributed by atoms with Gasteiger partial charge in [0.1, 0.15) is 16.1 Å². The van der Waals surface area contributed by atoms with E-state index in [-0.39, 0.29) is 4.75 Å². The van der Waals surface area contributed by atoms with Gasteiger partial charge in [-0.25, -0.2) is 9.19 Å². The summed E-state index contributed by atoms with van der Waals surface area (Å²) in [5, 5.41) is 0.368. The van der Waals surface area contributed by atoms with Crippen LogP contribution in [0.3, 0.4) is 0 Å². The summed E-state index contributed by atoms with van der Waals surface area (Å²) >= 11 is 5.82. The van der Waals surface area contributed by atoms with Gasteiger partial charge in [-0.15, -0.1) is 0 Å². The Labute approximate surface area is 97.2 Å². The second-order valence-electron chi connectivity index (χ2n) is 3.98. The van der Waals surface area contributed by atoms with Crippen molar-refractivity contribution in [2.45, 2.75) is 25.5 Å². The normalized spacial score (nSPS) is 14.4. The zero-order valence-electron chi connectivity index (χ0n) is 8.90. The van der Waals surface area contributed by atoms with Crippen molar-refractivity contribution >= 4 is 28.8 Å². The fraction of sp³-hybridized carbons (Fsp3) is 0.400. The van der Waals surface area contributed by atoms with Gasteiger partial charge in [-0.05, 0) is 32.9 Å². The Hall–Kier alpha value is -0.740. The second kappa shape index (κ2) is 4.86. The van der Waals surface area contributed by atoms with E-state index in [1.54, 1.807) is 18.3 Å². The van der Waals surface area contributed by atoms with Crippen LogP contribution in [0.4, 0.5) is 0 Å². The molecule has 0 spiro atoms. The van der Waals surface area contributed by atoms with E-state index in [9.17, 15) is 4.21 Å². The van der Waals surface area contributed by atoms with E-state index >= 15 is 0 Å². The van der Waals surface area contributed by atoms with Gasteiger partial charge in [0.25, 0.3) is 0 Å². The van der Waals surface area contributed by atoms with Crippen LogP contribution in [0.5, 0.6) is 0 Å². The topological polar surface area (TPSA) is 42.3 Å². The van der Waals surface area contributed by atoms with Gasteiger partial charge >= 0.3 is 0 Å². The van der Waals surface area contributed by atoms with Crippen LogP contribution in [0.25, 0.3) is 0 Å². The lowest BCUT2D eigenvalue weighted by atomic mass is 10.3. The van der Waals surface area contributed by atoms with E-state index < -0.39 is 11.0 Å². The second-order valence-corrected chi connectivity index (χ2v) is 6.27. The van der Waals surface area contributed by atoms with Crippen molar-refractivity contribution < 1.29 is 4.21 Å². The van der Waals surface area contributed by atoms with Gasteiger partial charge < -0.3 is 0 Å². The third-order valence-electron chi connectivity index (χ3n) is 1.60. The molecule has 5 heteroatoms. The van der Waals surface area contributed by atoms with Gasteiger partial charge in [0.15, 0.2) is 0 Å². The quantitative estimate of drug-likeness (QED) is 0.593. The van der Waals surface area contributed by atoms with Crippen LogP contribution < -0.4 is 0 Å². The minimum Gasteiger partial charge on any atom is -0.244 e. The van der Waals surface area contributed by atoms with Crippen molar-refractivity contribution in [3.8, 4) is 0 Å². The van der Waals surface area contributed by atoms with Crippen molar-refractivity contribution in [2.24, 2.45) is 4.40 Å². The molecule has 0 aromatic carbocycles. The highest BCUT2D eigenvalue weighted by Gasteiger charge is 2.18. The highest BCUT2D eigenvalue weighted by atomic mass is 35.5. The van der Waals surface area contributed by atoms with Crippen molar-refractivity contribution in [1.82, 2.24) is 4.98 Å². The van der Waals surface area contributed by atoms with E-state index in [1.165, 1.54) is 6.21 Å². The Balaban J connectivity index is 2.84. The summed E-state index contributed by atoms with van der Waals surface area (Å²) in [5.41, 5.74) is 0.678. The summed E-state index contributed by atoms with van der Waals surface area (Å²) in [6, 6.07) is 3.53. The Kier molecular flexibility index (Phi) is 3.99. The average Bonchev–Trinajstić information content (AvgIpc) is 2.14. The summed E-state index contributed by atoms with van der Waals surface area (Å²) in [6.07, 6.45) is 3.09. The maximum Gasteiger partial charge on any atom is 0.144 e. The van der Waals surface area contributed by atoms with Crippen LogP contribution >= 0.6 is 11.6 Å². The predicted molar refractivity (Wildman–Crippen MR) is 64.7 cm³/mol. The summed E-state index contributed by atoms with van der Waals surface area (Å²) in [7, 11) is -1.26. The first-order chi connectivity index (χ1) is 6.91. The molecule has 0 aliphatic carbocycles. The zero-order chi connectivity index (χ0) is 11.5. The third-order valence-corrected chi connectivity index (χ3v) is 3.26.